The van der Waals surface area contributed by atoms with Crippen LogP contribution in [0.4, 0.5) is 0 Å². The van der Waals surface area contributed by atoms with E-state index in [1.807, 2.05) is 35.3 Å². The van der Waals surface area contributed by atoms with Crippen LogP contribution < -0.4 is 0 Å². The number of hydrogen-bond acceptors (Lipinski definition) is 1. The van der Waals surface area contributed by atoms with Gasteiger partial charge in [0.25, 0.3) is 0 Å². The van der Waals surface area contributed by atoms with Gasteiger partial charge in [0.15, 0.2) is 0 Å². The van der Waals surface area contributed by atoms with Crippen molar-refractivity contribution < 1.29 is 0 Å². The highest BCUT2D eigenvalue weighted by Gasteiger charge is 2.38. The first-order valence-electron chi connectivity index (χ1n) is 8.19. The molecule has 0 bridgehead atoms. The Balaban J connectivity index is 2.11. The van der Waals surface area contributed by atoms with E-state index < -0.39 is 5.54 Å². The van der Waals surface area contributed by atoms with E-state index >= 15 is 0 Å². The van der Waals surface area contributed by atoms with Crippen LogP contribution in [-0.4, -0.2) is 9.78 Å². The van der Waals surface area contributed by atoms with E-state index in [9.17, 15) is 0 Å². The van der Waals surface area contributed by atoms with E-state index in [2.05, 4.69) is 93.8 Å². The standard InChI is InChI=1S/C22H17BrN2/c23-21-14-12-20(13-15-21)22(25-17-7-16-24-25,18-8-3-1-4-9-18)19-10-5-2-6-11-19/h1-17H. The maximum Gasteiger partial charge on any atom is 0.137 e. The molecule has 0 saturated heterocycles. The van der Waals surface area contributed by atoms with Crippen LogP contribution in [0, 0.1) is 0 Å². The molecular formula is C22H17BrN2. The molecule has 1 heterocycles. The summed E-state index contributed by atoms with van der Waals surface area (Å²) in [5, 5.41) is 4.65. The molecule has 0 saturated carbocycles. The van der Waals surface area contributed by atoms with Gasteiger partial charge in [-0.15, -0.1) is 0 Å². The van der Waals surface area contributed by atoms with Crippen molar-refractivity contribution in [2.75, 3.05) is 0 Å². The molecule has 2 nitrogen and oxygen atoms in total. The van der Waals surface area contributed by atoms with Crippen molar-refractivity contribution in [3.05, 3.63) is 125 Å². The van der Waals surface area contributed by atoms with Gasteiger partial charge in [0.2, 0.25) is 0 Å². The predicted octanol–water partition coefficient (Wildman–Crippen LogP) is 5.49. The van der Waals surface area contributed by atoms with Gasteiger partial charge < -0.3 is 0 Å². The Labute approximate surface area is 155 Å². The van der Waals surface area contributed by atoms with E-state index in [0.29, 0.717) is 0 Å². The first-order valence-corrected chi connectivity index (χ1v) is 8.98. The minimum atomic E-state index is -0.521. The fraction of sp³-hybridized carbons (Fsp3) is 0.0455. The number of halogens is 1. The Bertz CT molecular complexity index is 891. The largest absolute Gasteiger partial charge is 0.253 e. The number of hydrogen-bond donors (Lipinski definition) is 0. The lowest BCUT2D eigenvalue weighted by atomic mass is 9.77. The molecule has 3 aromatic carbocycles. The van der Waals surface area contributed by atoms with Gasteiger partial charge in [-0.3, -0.25) is 4.68 Å². The third kappa shape index (κ3) is 2.71. The van der Waals surface area contributed by atoms with Gasteiger partial charge in [0, 0.05) is 16.9 Å². The zero-order valence-electron chi connectivity index (χ0n) is 13.6. The monoisotopic (exact) mass is 388 g/mol. The Morgan fingerprint density at radius 3 is 1.64 bits per heavy atom. The molecule has 0 spiro atoms. The molecule has 0 aliphatic carbocycles. The molecule has 4 aromatic rings. The van der Waals surface area contributed by atoms with Crippen molar-refractivity contribution in [2.45, 2.75) is 5.54 Å². The average molecular weight is 389 g/mol. The molecule has 122 valence electrons. The maximum absolute atomic E-state index is 4.65. The van der Waals surface area contributed by atoms with Crippen LogP contribution >= 0.6 is 15.9 Å². The normalized spacial score (nSPS) is 11.4. The average Bonchev–Trinajstić information content (AvgIpc) is 3.21. The highest BCUT2D eigenvalue weighted by molar-refractivity contribution is 9.10. The maximum atomic E-state index is 4.65. The lowest BCUT2D eigenvalue weighted by molar-refractivity contribution is 0.460. The van der Waals surface area contributed by atoms with Crippen LogP contribution in [-0.2, 0) is 5.54 Å². The highest BCUT2D eigenvalue weighted by Crippen LogP contribution is 2.40. The van der Waals surface area contributed by atoms with Crippen molar-refractivity contribution >= 4 is 15.9 Å². The summed E-state index contributed by atoms with van der Waals surface area (Å²) >= 11 is 3.55. The van der Waals surface area contributed by atoms with Crippen molar-refractivity contribution in [3.8, 4) is 0 Å². The van der Waals surface area contributed by atoms with Crippen molar-refractivity contribution in [1.82, 2.24) is 9.78 Å². The SMILES string of the molecule is Brc1ccc(C(c2ccccc2)(c2ccccc2)n2cccn2)cc1. The van der Waals surface area contributed by atoms with E-state index in [1.165, 1.54) is 11.1 Å². The second-order valence-corrected chi connectivity index (χ2v) is 6.82. The van der Waals surface area contributed by atoms with Crippen LogP contribution in [0.5, 0.6) is 0 Å². The first-order chi connectivity index (χ1) is 12.3. The molecule has 0 N–H and O–H groups in total. The summed E-state index contributed by atoms with van der Waals surface area (Å²) in [5.41, 5.74) is 2.99. The minimum Gasteiger partial charge on any atom is -0.253 e. The van der Waals surface area contributed by atoms with Gasteiger partial charge in [-0.2, -0.15) is 5.10 Å². The van der Waals surface area contributed by atoms with Crippen LogP contribution in [0.2, 0.25) is 0 Å². The third-order valence-electron chi connectivity index (χ3n) is 4.49. The molecule has 0 amide bonds. The van der Waals surface area contributed by atoms with Crippen LogP contribution in [0.3, 0.4) is 0 Å². The van der Waals surface area contributed by atoms with Gasteiger partial charge in [0.1, 0.15) is 5.54 Å². The van der Waals surface area contributed by atoms with Gasteiger partial charge in [-0.1, -0.05) is 88.7 Å². The van der Waals surface area contributed by atoms with Gasteiger partial charge in [0.05, 0.1) is 0 Å². The van der Waals surface area contributed by atoms with E-state index in [-0.39, 0.29) is 0 Å². The molecule has 4 rings (SSSR count). The second-order valence-electron chi connectivity index (χ2n) is 5.90. The molecule has 0 radical (unpaired) electrons. The highest BCUT2D eigenvalue weighted by atomic mass is 79.9. The van der Waals surface area contributed by atoms with E-state index in [1.54, 1.807) is 0 Å². The second kappa shape index (κ2) is 6.69. The number of benzene rings is 3. The predicted molar refractivity (Wildman–Crippen MR) is 105 cm³/mol. The van der Waals surface area contributed by atoms with Crippen LogP contribution in [0.25, 0.3) is 0 Å². The lowest BCUT2D eigenvalue weighted by Gasteiger charge is -2.36. The Kier molecular flexibility index (Phi) is 4.24. The number of aromatic nitrogens is 2. The lowest BCUT2D eigenvalue weighted by Crippen LogP contribution is -2.38. The summed E-state index contributed by atoms with van der Waals surface area (Å²) in [6.45, 7) is 0. The van der Waals surface area contributed by atoms with Crippen LogP contribution in [0.15, 0.2) is 108 Å². The fourth-order valence-corrected chi connectivity index (χ4v) is 3.68. The van der Waals surface area contributed by atoms with E-state index in [4.69, 9.17) is 0 Å². The molecule has 0 atom stereocenters. The molecule has 0 aliphatic heterocycles. The van der Waals surface area contributed by atoms with Crippen molar-refractivity contribution in [3.63, 3.8) is 0 Å². The molecule has 0 fully saturated rings. The Hall–Kier alpha value is -2.65. The van der Waals surface area contributed by atoms with Crippen LogP contribution in [0.1, 0.15) is 16.7 Å². The molecular weight excluding hydrogens is 372 g/mol. The molecule has 1 aromatic heterocycles. The molecule has 0 unspecified atom stereocenters. The smallest absolute Gasteiger partial charge is 0.137 e. The molecule has 25 heavy (non-hydrogen) atoms. The topological polar surface area (TPSA) is 17.8 Å². The number of rotatable bonds is 4. The summed E-state index contributed by atoms with van der Waals surface area (Å²) in [5.74, 6) is 0. The fourth-order valence-electron chi connectivity index (χ4n) is 3.41. The number of nitrogens with zero attached hydrogens (tertiary/aromatic N) is 2. The molecule has 0 aliphatic rings. The summed E-state index contributed by atoms with van der Waals surface area (Å²) in [6.07, 6.45) is 3.86. The molecule has 3 heteroatoms. The zero-order valence-corrected chi connectivity index (χ0v) is 15.2. The summed E-state index contributed by atoms with van der Waals surface area (Å²) < 4.78 is 3.10. The van der Waals surface area contributed by atoms with Crippen molar-refractivity contribution in [1.29, 1.82) is 0 Å². The summed E-state index contributed by atoms with van der Waals surface area (Å²) in [6, 6.07) is 31.5. The van der Waals surface area contributed by atoms with Gasteiger partial charge in [-0.25, -0.2) is 0 Å². The third-order valence-corrected chi connectivity index (χ3v) is 5.02. The summed E-state index contributed by atoms with van der Waals surface area (Å²) in [7, 11) is 0. The zero-order chi connectivity index (χ0) is 17.1. The quantitative estimate of drug-likeness (QED) is 0.423. The summed E-state index contributed by atoms with van der Waals surface area (Å²) in [4.78, 5) is 0. The van der Waals surface area contributed by atoms with Gasteiger partial charge in [-0.05, 0) is 34.9 Å². The van der Waals surface area contributed by atoms with E-state index in [0.717, 1.165) is 10.0 Å². The van der Waals surface area contributed by atoms with Crippen molar-refractivity contribution in [2.24, 2.45) is 0 Å². The Morgan fingerprint density at radius 2 is 1.16 bits per heavy atom. The minimum absolute atomic E-state index is 0.521. The Morgan fingerprint density at radius 1 is 0.640 bits per heavy atom. The first kappa shape index (κ1) is 15.9. The van der Waals surface area contributed by atoms with Gasteiger partial charge >= 0.3 is 0 Å².